The van der Waals surface area contributed by atoms with Crippen molar-refractivity contribution in [2.24, 2.45) is 5.73 Å². The lowest BCUT2D eigenvalue weighted by Crippen LogP contribution is -2.38. The van der Waals surface area contributed by atoms with E-state index in [1.54, 1.807) is 5.56 Å². The van der Waals surface area contributed by atoms with Gasteiger partial charge in [-0.3, -0.25) is 0 Å². The third-order valence-electron chi connectivity index (χ3n) is 3.79. The first-order valence-electron chi connectivity index (χ1n) is 6.72. The van der Waals surface area contributed by atoms with Crippen molar-refractivity contribution in [3.05, 3.63) is 29.3 Å². The molecule has 2 nitrogen and oxygen atoms in total. The summed E-state index contributed by atoms with van der Waals surface area (Å²) in [5, 5.41) is 0. The molecule has 1 aliphatic rings. The molecule has 0 spiro atoms. The van der Waals surface area contributed by atoms with E-state index in [2.05, 4.69) is 43.9 Å². The van der Waals surface area contributed by atoms with E-state index in [0.717, 1.165) is 13.0 Å². The van der Waals surface area contributed by atoms with Gasteiger partial charge in [-0.15, -0.1) is 0 Å². The van der Waals surface area contributed by atoms with Crippen LogP contribution >= 0.6 is 0 Å². The molecule has 0 fully saturated rings. The zero-order valence-corrected chi connectivity index (χ0v) is 11.2. The standard InChI is InChI=1S/C15H24N2/c1-11(2)17-13(7-5-9-16)10-14-12(3)6-4-8-15(14)17/h4,6,8,11,13H,5,7,9-10,16H2,1-3H3. The highest BCUT2D eigenvalue weighted by molar-refractivity contribution is 5.62. The molecular formula is C15H24N2. The zero-order chi connectivity index (χ0) is 12.4. The van der Waals surface area contributed by atoms with Gasteiger partial charge in [0.25, 0.3) is 0 Å². The molecule has 1 atom stereocenters. The van der Waals surface area contributed by atoms with E-state index >= 15 is 0 Å². The van der Waals surface area contributed by atoms with Gasteiger partial charge in [0.15, 0.2) is 0 Å². The lowest BCUT2D eigenvalue weighted by molar-refractivity contribution is 0.522. The van der Waals surface area contributed by atoms with E-state index in [0.29, 0.717) is 12.1 Å². The zero-order valence-electron chi connectivity index (χ0n) is 11.2. The molecule has 0 aliphatic carbocycles. The second-order valence-electron chi connectivity index (χ2n) is 5.36. The van der Waals surface area contributed by atoms with Crippen molar-refractivity contribution in [1.29, 1.82) is 0 Å². The molecule has 0 radical (unpaired) electrons. The molecule has 94 valence electrons. The second-order valence-corrected chi connectivity index (χ2v) is 5.36. The fourth-order valence-electron chi connectivity index (χ4n) is 3.02. The van der Waals surface area contributed by atoms with Crippen molar-refractivity contribution in [2.75, 3.05) is 11.4 Å². The molecule has 1 aliphatic heterocycles. The molecule has 2 N–H and O–H groups in total. The smallest absolute Gasteiger partial charge is 0.0407 e. The summed E-state index contributed by atoms with van der Waals surface area (Å²) in [4.78, 5) is 2.58. The van der Waals surface area contributed by atoms with Crippen LogP contribution in [0.5, 0.6) is 0 Å². The monoisotopic (exact) mass is 232 g/mol. The van der Waals surface area contributed by atoms with E-state index in [1.807, 2.05) is 0 Å². The molecule has 2 rings (SSSR count). The molecule has 0 amide bonds. The van der Waals surface area contributed by atoms with Gasteiger partial charge >= 0.3 is 0 Å². The van der Waals surface area contributed by atoms with Crippen LogP contribution in [-0.4, -0.2) is 18.6 Å². The minimum atomic E-state index is 0.570. The van der Waals surface area contributed by atoms with E-state index in [4.69, 9.17) is 5.73 Å². The average molecular weight is 232 g/mol. The highest BCUT2D eigenvalue weighted by atomic mass is 15.2. The fraction of sp³-hybridized carbons (Fsp3) is 0.600. The first kappa shape index (κ1) is 12.4. The highest BCUT2D eigenvalue weighted by Gasteiger charge is 2.30. The summed E-state index contributed by atoms with van der Waals surface area (Å²) in [6.45, 7) is 7.60. The Balaban J connectivity index is 2.28. The quantitative estimate of drug-likeness (QED) is 0.865. The van der Waals surface area contributed by atoms with Crippen LogP contribution in [0, 0.1) is 6.92 Å². The molecule has 0 saturated heterocycles. The van der Waals surface area contributed by atoms with Gasteiger partial charge in [0, 0.05) is 17.8 Å². The minimum absolute atomic E-state index is 0.570. The third-order valence-corrected chi connectivity index (χ3v) is 3.79. The SMILES string of the molecule is Cc1cccc2c1CC(CCCN)N2C(C)C. The number of benzene rings is 1. The largest absolute Gasteiger partial charge is 0.366 e. The predicted molar refractivity (Wildman–Crippen MR) is 74.6 cm³/mol. The fourth-order valence-corrected chi connectivity index (χ4v) is 3.02. The van der Waals surface area contributed by atoms with Crippen molar-refractivity contribution < 1.29 is 0 Å². The van der Waals surface area contributed by atoms with E-state index in [9.17, 15) is 0 Å². The van der Waals surface area contributed by atoms with Gasteiger partial charge in [-0.05, 0) is 63.8 Å². The maximum absolute atomic E-state index is 5.64. The lowest BCUT2D eigenvalue weighted by Gasteiger charge is -2.31. The summed E-state index contributed by atoms with van der Waals surface area (Å²) >= 11 is 0. The Labute approximate surface area is 105 Å². The van der Waals surface area contributed by atoms with Crippen LogP contribution in [0.4, 0.5) is 5.69 Å². The number of aryl methyl sites for hydroxylation is 1. The van der Waals surface area contributed by atoms with Gasteiger partial charge in [0.2, 0.25) is 0 Å². The highest BCUT2D eigenvalue weighted by Crippen LogP contribution is 2.37. The Hall–Kier alpha value is -1.02. The number of nitrogens with zero attached hydrogens (tertiary/aromatic N) is 1. The summed E-state index contributed by atoms with van der Waals surface area (Å²) in [6, 6.07) is 7.89. The Kier molecular flexibility index (Phi) is 3.72. The van der Waals surface area contributed by atoms with Crippen molar-refractivity contribution in [2.45, 2.75) is 52.1 Å². The average Bonchev–Trinajstić information content (AvgIpc) is 2.66. The van der Waals surface area contributed by atoms with Crippen molar-refractivity contribution in [3.63, 3.8) is 0 Å². The number of hydrogen-bond donors (Lipinski definition) is 1. The topological polar surface area (TPSA) is 29.3 Å². The van der Waals surface area contributed by atoms with Crippen LogP contribution < -0.4 is 10.6 Å². The third kappa shape index (κ3) is 2.32. The van der Waals surface area contributed by atoms with Crippen molar-refractivity contribution in [1.82, 2.24) is 0 Å². The van der Waals surface area contributed by atoms with Gasteiger partial charge in [0.1, 0.15) is 0 Å². The maximum Gasteiger partial charge on any atom is 0.0407 e. The molecular weight excluding hydrogens is 208 g/mol. The van der Waals surface area contributed by atoms with Gasteiger partial charge in [-0.25, -0.2) is 0 Å². The molecule has 2 heteroatoms. The Morgan fingerprint density at radius 2 is 2.18 bits per heavy atom. The van der Waals surface area contributed by atoms with Crippen LogP contribution in [0.1, 0.15) is 37.8 Å². The first-order chi connectivity index (χ1) is 8.15. The van der Waals surface area contributed by atoms with Crippen LogP contribution in [0.25, 0.3) is 0 Å². The second kappa shape index (κ2) is 5.09. The maximum atomic E-state index is 5.64. The number of fused-ring (bicyclic) bond motifs is 1. The summed E-state index contributed by atoms with van der Waals surface area (Å²) in [5.74, 6) is 0. The van der Waals surface area contributed by atoms with Gasteiger partial charge < -0.3 is 10.6 Å². The predicted octanol–water partition coefficient (Wildman–Crippen LogP) is 2.87. The molecule has 1 aromatic carbocycles. The molecule has 1 unspecified atom stereocenters. The van der Waals surface area contributed by atoms with E-state index < -0.39 is 0 Å². The molecule has 1 aromatic rings. The molecule has 17 heavy (non-hydrogen) atoms. The summed E-state index contributed by atoms with van der Waals surface area (Å²) in [7, 11) is 0. The normalized spacial score (nSPS) is 18.9. The molecule has 0 aromatic heterocycles. The Bertz CT molecular complexity index is 385. The lowest BCUT2D eigenvalue weighted by atomic mass is 10.0. The first-order valence-corrected chi connectivity index (χ1v) is 6.72. The van der Waals surface area contributed by atoms with E-state index in [1.165, 1.54) is 24.1 Å². The summed E-state index contributed by atoms with van der Waals surface area (Å²) in [5.41, 5.74) is 10.1. The van der Waals surface area contributed by atoms with Crippen molar-refractivity contribution in [3.8, 4) is 0 Å². The Morgan fingerprint density at radius 3 is 2.82 bits per heavy atom. The van der Waals surface area contributed by atoms with Crippen molar-refractivity contribution >= 4 is 5.69 Å². The van der Waals surface area contributed by atoms with Crippen LogP contribution in [0.2, 0.25) is 0 Å². The van der Waals surface area contributed by atoms with Crippen LogP contribution in [-0.2, 0) is 6.42 Å². The van der Waals surface area contributed by atoms with Crippen LogP contribution in [0.3, 0.4) is 0 Å². The van der Waals surface area contributed by atoms with E-state index in [-0.39, 0.29) is 0 Å². The molecule has 1 heterocycles. The summed E-state index contributed by atoms with van der Waals surface area (Å²) < 4.78 is 0. The van der Waals surface area contributed by atoms with Gasteiger partial charge in [-0.1, -0.05) is 12.1 Å². The van der Waals surface area contributed by atoms with Crippen LogP contribution in [0.15, 0.2) is 18.2 Å². The number of nitrogens with two attached hydrogens (primary N) is 1. The number of hydrogen-bond acceptors (Lipinski definition) is 2. The molecule has 0 bridgehead atoms. The summed E-state index contributed by atoms with van der Waals surface area (Å²) in [6.07, 6.45) is 3.53. The Morgan fingerprint density at radius 1 is 1.41 bits per heavy atom. The minimum Gasteiger partial charge on any atom is -0.366 e. The molecule has 0 saturated carbocycles. The number of rotatable bonds is 4. The number of anilines is 1. The van der Waals surface area contributed by atoms with Gasteiger partial charge in [-0.2, -0.15) is 0 Å². The van der Waals surface area contributed by atoms with Gasteiger partial charge in [0.05, 0.1) is 0 Å².